The first-order valence-corrected chi connectivity index (χ1v) is 8.94. The minimum Gasteiger partial charge on any atom is -0.489 e. The first-order valence-electron chi connectivity index (χ1n) is 8.94. The molecule has 0 aliphatic carbocycles. The van der Waals surface area contributed by atoms with Gasteiger partial charge in [-0.3, -0.25) is 4.79 Å². The van der Waals surface area contributed by atoms with Crippen LogP contribution < -0.4 is 10.2 Å². The van der Waals surface area contributed by atoms with Crippen LogP contribution >= 0.6 is 0 Å². The van der Waals surface area contributed by atoms with E-state index in [4.69, 9.17) is 4.74 Å². The second kappa shape index (κ2) is 9.85. The van der Waals surface area contributed by atoms with Gasteiger partial charge in [-0.15, -0.1) is 0 Å². The Hall–Kier alpha value is -3.93. The predicted octanol–water partition coefficient (Wildman–Crippen LogP) is 3.82. The molecule has 0 fully saturated rings. The molecular weight excluding hydrogens is 368 g/mol. The van der Waals surface area contributed by atoms with E-state index in [1.165, 1.54) is 13.3 Å². The zero-order chi connectivity index (χ0) is 20.5. The lowest BCUT2D eigenvalue weighted by Gasteiger charge is -2.07. The van der Waals surface area contributed by atoms with Crippen molar-refractivity contribution in [1.82, 2.24) is 5.43 Å². The lowest BCUT2D eigenvalue weighted by atomic mass is 10.1. The van der Waals surface area contributed by atoms with Crippen LogP contribution in [0.15, 0.2) is 84.0 Å². The molecule has 0 bridgehead atoms. The molecule has 1 amide bonds. The number of hydrogen-bond donors (Lipinski definition) is 1. The smallest absolute Gasteiger partial charge is 0.337 e. The summed E-state index contributed by atoms with van der Waals surface area (Å²) < 4.78 is 10.4. The number of rotatable bonds is 7. The Morgan fingerprint density at radius 1 is 0.897 bits per heavy atom. The van der Waals surface area contributed by atoms with E-state index >= 15 is 0 Å². The molecule has 146 valence electrons. The van der Waals surface area contributed by atoms with Crippen LogP contribution in [0, 0.1) is 0 Å². The van der Waals surface area contributed by atoms with Crippen LogP contribution in [0.5, 0.6) is 5.75 Å². The maximum Gasteiger partial charge on any atom is 0.337 e. The topological polar surface area (TPSA) is 77.0 Å². The number of hydrogen-bond acceptors (Lipinski definition) is 5. The minimum atomic E-state index is -0.405. The summed E-state index contributed by atoms with van der Waals surface area (Å²) in [5.41, 5.74) is 5.20. The summed E-state index contributed by atoms with van der Waals surface area (Å²) >= 11 is 0. The standard InChI is InChI=1S/C23H20N2O4/c1-28-23(27)20-9-7-17(8-10-20)15-24-25-22(26)19-11-13-21(14-12-19)29-16-18-5-3-2-4-6-18/h2-15H,16H2,1H3,(H,25,26)/b24-15+. The summed E-state index contributed by atoms with van der Waals surface area (Å²) in [6.45, 7) is 0.464. The van der Waals surface area contributed by atoms with E-state index in [1.54, 1.807) is 48.5 Å². The molecule has 0 atom stereocenters. The number of nitrogens with one attached hydrogen (secondary N) is 1. The van der Waals surface area contributed by atoms with Crippen molar-refractivity contribution in [1.29, 1.82) is 0 Å². The minimum absolute atomic E-state index is 0.331. The van der Waals surface area contributed by atoms with Crippen LogP contribution in [-0.2, 0) is 11.3 Å². The van der Waals surface area contributed by atoms with Crippen molar-refractivity contribution in [2.24, 2.45) is 5.10 Å². The first kappa shape index (κ1) is 19.8. The molecule has 0 aliphatic heterocycles. The van der Waals surface area contributed by atoms with Gasteiger partial charge in [-0.05, 0) is 47.5 Å². The fourth-order valence-electron chi connectivity index (χ4n) is 2.50. The molecule has 29 heavy (non-hydrogen) atoms. The molecule has 0 aliphatic rings. The quantitative estimate of drug-likeness (QED) is 0.379. The largest absolute Gasteiger partial charge is 0.489 e. The number of amides is 1. The van der Waals surface area contributed by atoms with Crippen molar-refractivity contribution in [3.8, 4) is 5.75 Å². The summed E-state index contributed by atoms with van der Waals surface area (Å²) in [5.74, 6) is -0.0559. The summed E-state index contributed by atoms with van der Waals surface area (Å²) in [7, 11) is 1.33. The maximum atomic E-state index is 12.2. The van der Waals surface area contributed by atoms with E-state index in [1.807, 2.05) is 30.3 Å². The summed E-state index contributed by atoms with van der Waals surface area (Å²) in [6, 6.07) is 23.4. The number of benzene rings is 3. The molecular formula is C23H20N2O4. The van der Waals surface area contributed by atoms with Crippen molar-refractivity contribution in [3.05, 3.63) is 101 Å². The van der Waals surface area contributed by atoms with Crippen LogP contribution in [0.1, 0.15) is 31.8 Å². The molecule has 0 spiro atoms. The molecule has 0 radical (unpaired) electrons. The van der Waals surface area contributed by atoms with Crippen molar-refractivity contribution >= 4 is 18.1 Å². The number of nitrogens with zero attached hydrogens (tertiary/aromatic N) is 1. The van der Waals surface area contributed by atoms with E-state index in [2.05, 4.69) is 15.3 Å². The van der Waals surface area contributed by atoms with Crippen LogP contribution in [0.3, 0.4) is 0 Å². The van der Waals surface area contributed by atoms with E-state index in [-0.39, 0.29) is 5.91 Å². The van der Waals surface area contributed by atoms with E-state index in [9.17, 15) is 9.59 Å². The predicted molar refractivity (Wildman–Crippen MR) is 110 cm³/mol. The van der Waals surface area contributed by atoms with Crippen molar-refractivity contribution < 1.29 is 19.1 Å². The van der Waals surface area contributed by atoms with E-state index in [0.717, 1.165) is 11.1 Å². The monoisotopic (exact) mass is 388 g/mol. The van der Waals surface area contributed by atoms with Gasteiger partial charge in [0.05, 0.1) is 18.9 Å². The van der Waals surface area contributed by atoms with Gasteiger partial charge < -0.3 is 9.47 Å². The second-order valence-corrected chi connectivity index (χ2v) is 6.11. The van der Waals surface area contributed by atoms with Gasteiger partial charge in [0.25, 0.3) is 5.91 Å². The molecule has 3 aromatic carbocycles. The number of ether oxygens (including phenoxy) is 2. The average Bonchev–Trinajstić information content (AvgIpc) is 2.78. The number of carbonyl (C=O) groups is 2. The third kappa shape index (κ3) is 5.77. The molecule has 0 saturated heterocycles. The van der Waals surface area contributed by atoms with Gasteiger partial charge in [0, 0.05) is 5.56 Å². The molecule has 1 N–H and O–H groups in total. The number of carbonyl (C=O) groups excluding carboxylic acids is 2. The molecule has 0 unspecified atom stereocenters. The highest BCUT2D eigenvalue weighted by molar-refractivity contribution is 5.95. The molecule has 0 saturated carbocycles. The number of hydrazone groups is 1. The van der Waals surface area contributed by atoms with Crippen molar-refractivity contribution in [2.45, 2.75) is 6.61 Å². The third-order valence-corrected chi connectivity index (χ3v) is 4.08. The zero-order valence-electron chi connectivity index (χ0n) is 15.9. The Labute approximate surface area is 168 Å². The molecule has 3 aromatic rings. The summed E-state index contributed by atoms with van der Waals surface area (Å²) in [6.07, 6.45) is 1.50. The Balaban J connectivity index is 1.51. The summed E-state index contributed by atoms with van der Waals surface area (Å²) in [5, 5.41) is 3.94. The molecule has 0 aromatic heterocycles. The van der Waals surface area contributed by atoms with Crippen LogP contribution in [0.4, 0.5) is 0 Å². The van der Waals surface area contributed by atoms with Gasteiger partial charge in [-0.1, -0.05) is 42.5 Å². The van der Waals surface area contributed by atoms with Gasteiger partial charge in [-0.25, -0.2) is 10.2 Å². The van der Waals surface area contributed by atoms with Gasteiger partial charge >= 0.3 is 5.97 Å². The normalized spacial score (nSPS) is 10.5. The lowest BCUT2D eigenvalue weighted by Crippen LogP contribution is -2.17. The fourth-order valence-corrected chi connectivity index (χ4v) is 2.50. The highest BCUT2D eigenvalue weighted by atomic mass is 16.5. The Morgan fingerprint density at radius 2 is 1.55 bits per heavy atom. The van der Waals surface area contributed by atoms with Gasteiger partial charge in [0.2, 0.25) is 0 Å². The average molecular weight is 388 g/mol. The van der Waals surface area contributed by atoms with Crippen LogP contribution in [0.25, 0.3) is 0 Å². The molecule has 3 rings (SSSR count). The number of esters is 1. The third-order valence-electron chi connectivity index (χ3n) is 4.08. The van der Waals surface area contributed by atoms with Crippen molar-refractivity contribution in [2.75, 3.05) is 7.11 Å². The van der Waals surface area contributed by atoms with Gasteiger partial charge in [-0.2, -0.15) is 5.10 Å². The summed E-state index contributed by atoms with van der Waals surface area (Å²) in [4.78, 5) is 23.6. The van der Waals surface area contributed by atoms with Crippen LogP contribution in [-0.4, -0.2) is 25.2 Å². The Morgan fingerprint density at radius 3 is 2.21 bits per heavy atom. The van der Waals surface area contributed by atoms with Crippen LogP contribution in [0.2, 0.25) is 0 Å². The van der Waals surface area contributed by atoms with Gasteiger partial charge in [0.1, 0.15) is 12.4 Å². The first-order chi connectivity index (χ1) is 14.2. The Bertz CT molecular complexity index is 982. The van der Waals surface area contributed by atoms with E-state index in [0.29, 0.717) is 23.5 Å². The SMILES string of the molecule is COC(=O)c1ccc(/C=N/NC(=O)c2ccc(OCc3ccccc3)cc2)cc1. The molecule has 0 heterocycles. The molecule has 6 heteroatoms. The Kier molecular flexibility index (Phi) is 6.73. The fraction of sp³-hybridized carbons (Fsp3) is 0.0870. The molecule has 6 nitrogen and oxygen atoms in total. The van der Waals surface area contributed by atoms with Gasteiger partial charge in [0.15, 0.2) is 0 Å². The van der Waals surface area contributed by atoms with E-state index < -0.39 is 5.97 Å². The second-order valence-electron chi connectivity index (χ2n) is 6.11. The highest BCUT2D eigenvalue weighted by Crippen LogP contribution is 2.14. The highest BCUT2D eigenvalue weighted by Gasteiger charge is 2.05. The maximum absolute atomic E-state index is 12.2. The lowest BCUT2D eigenvalue weighted by molar-refractivity contribution is 0.0600. The zero-order valence-corrected chi connectivity index (χ0v) is 15.9. The van der Waals surface area contributed by atoms with Crippen molar-refractivity contribution in [3.63, 3.8) is 0 Å². The number of methoxy groups -OCH3 is 1.